The maximum Gasteiger partial charge on any atom is 0.416 e. The molecule has 0 aromatic heterocycles. The molecule has 0 bridgehead atoms. The zero-order chi connectivity index (χ0) is 21.6. The molecule has 29 heavy (non-hydrogen) atoms. The smallest absolute Gasteiger partial charge is 0.324 e. The first-order chi connectivity index (χ1) is 13.7. The fourth-order valence-electron chi connectivity index (χ4n) is 2.75. The van der Waals surface area contributed by atoms with E-state index in [0.29, 0.717) is 18.7 Å². The Balaban J connectivity index is 2.15. The van der Waals surface area contributed by atoms with Gasteiger partial charge in [0.25, 0.3) is 0 Å². The maximum atomic E-state index is 12.7. The summed E-state index contributed by atoms with van der Waals surface area (Å²) < 4.78 is 38.1. The summed E-state index contributed by atoms with van der Waals surface area (Å²) in [7, 11) is 1.90. The van der Waals surface area contributed by atoms with E-state index in [0.717, 1.165) is 29.8 Å². The molecular weight excluding hydrogens is 379 g/mol. The quantitative estimate of drug-likeness (QED) is 0.480. The molecule has 2 rings (SSSR count). The third-order valence-corrected chi connectivity index (χ3v) is 4.64. The molecule has 0 heterocycles. The van der Waals surface area contributed by atoms with Gasteiger partial charge in [0.05, 0.1) is 25.2 Å². The summed E-state index contributed by atoms with van der Waals surface area (Å²) in [4.78, 5) is 3.53. The van der Waals surface area contributed by atoms with Crippen molar-refractivity contribution in [1.82, 2.24) is 9.80 Å². The Labute approximate surface area is 168 Å². The minimum atomic E-state index is -4.35. The second-order valence-electron chi connectivity index (χ2n) is 6.79. The highest BCUT2D eigenvalue weighted by Gasteiger charge is 2.29. The van der Waals surface area contributed by atoms with Crippen LogP contribution < -0.4 is 5.73 Å². The molecule has 0 aliphatic carbocycles. The molecule has 2 aromatic rings. The predicted octanol–water partition coefficient (Wildman–Crippen LogP) is 4.04. The summed E-state index contributed by atoms with van der Waals surface area (Å²) >= 11 is 0. The van der Waals surface area contributed by atoms with Gasteiger partial charge in [-0.25, -0.2) is 0 Å². The average molecular weight is 405 g/mol. The molecule has 4 N–H and O–H groups in total. The lowest BCUT2D eigenvalue weighted by Gasteiger charge is -2.27. The minimum absolute atomic E-state index is 0.0296. The number of alkyl halides is 3. The van der Waals surface area contributed by atoms with Gasteiger partial charge in [0.2, 0.25) is 0 Å². The zero-order valence-electron chi connectivity index (χ0n) is 16.6. The Bertz CT molecular complexity index is 829. The van der Waals surface area contributed by atoms with E-state index < -0.39 is 11.7 Å². The van der Waals surface area contributed by atoms with Crippen LogP contribution in [0.3, 0.4) is 0 Å². The van der Waals surface area contributed by atoms with E-state index in [1.807, 2.05) is 43.1 Å². The van der Waals surface area contributed by atoms with Crippen LogP contribution in [0.1, 0.15) is 18.1 Å². The summed E-state index contributed by atoms with van der Waals surface area (Å²) in [5.41, 5.74) is 7.30. The van der Waals surface area contributed by atoms with Gasteiger partial charge in [-0.3, -0.25) is 15.7 Å². The van der Waals surface area contributed by atoms with Gasteiger partial charge in [0.15, 0.2) is 0 Å². The van der Waals surface area contributed by atoms with Crippen LogP contribution in [0.4, 0.5) is 13.2 Å². The number of halogens is 3. The summed E-state index contributed by atoms with van der Waals surface area (Å²) in [5.74, 6) is 0.447. The number of likely N-dealkylation sites (N-methyl/N-ethyl adjacent to an activating group) is 1. The summed E-state index contributed by atoms with van der Waals surface area (Å²) in [6, 6.07) is 12.4. The molecule has 5 nitrogen and oxygen atoms in total. The Morgan fingerprint density at radius 2 is 1.45 bits per heavy atom. The second kappa shape index (κ2) is 9.67. The molecule has 2 aromatic carbocycles. The van der Waals surface area contributed by atoms with Gasteiger partial charge in [-0.1, -0.05) is 43.3 Å². The van der Waals surface area contributed by atoms with Crippen LogP contribution in [0, 0.1) is 10.8 Å². The molecule has 0 radical (unpaired) electrons. The number of hydrogen-bond donors (Lipinski definition) is 3. The predicted molar refractivity (Wildman–Crippen MR) is 110 cm³/mol. The van der Waals surface area contributed by atoms with E-state index in [2.05, 4.69) is 0 Å². The SMILES string of the molecule is CCN(C)CC(=N)N(Cc1ccc(-c2ccc(C(F)(F)F)cc2)cc1)C(=N)CN. The topological polar surface area (TPSA) is 80.2 Å². The van der Waals surface area contributed by atoms with Crippen LogP contribution in [-0.2, 0) is 12.7 Å². The van der Waals surface area contributed by atoms with Crippen LogP contribution in [0.25, 0.3) is 11.1 Å². The number of nitrogens with one attached hydrogen (secondary N) is 2. The van der Waals surface area contributed by atoms with Gasteiger partial charge in [-0.15, -0.1) is 0 Å². The molecule has 156 valence electrons. The number of hydrogen-bond acceptors (Lipinski definition) is 4. The number of nitrogens with two attached hydrogens (primary N) is 1. The lowest BCUT2D eigenvalue weighted by Crippen LogP contribution is -2.44. The van der Waals surface area contributed by atoms with Crippen LogP contribution in [0.5, 0.6) is 0 Å². The largest absolute Gasteiger partial charge is 0.416 e. The molecule has 0 unspecified atom stereocenters. The third kappa shape index (κ3) is 6.13. The van der Waals surface area contributed by atoms with Gasteiger partial charge in [-0.2, -0.15) is 13.2 Å². The van der Waals surface area contributed by atoms with E-state index in [-0.39, 0.29) is 18.2 Å². The van der Waals surface area contributed by atoms with E-state index >= 15 is 0 Å². The molecular formula is C21H26F3N5. The summed E-state index contributed by atoms with van der Waals surface area (Å²) in [6.45, 7) is 3.55. The number of benzene rings is 2. The Hall–Kier alpha value is -2.71. The first kappa shape index (κ1) is 22.6. The van der Waals surface area contributed by atoms with Gasteiger partial charge in [0, 0.05) is 0 Å². The lowest BCUT2D eigenvalue weighted by atomic mass is 10.0. The zero-order valence-corrected chi connectivity index (χ0v) is 16.6. The van der Waals surface area contributed by atoms with Crippen molar-refractivity contribution >= 4 is 11.7 Å². The summed E-state index contributed by atoms with van der Waals surface area (Å²) in [6.07, 6.45) is -4.35. The van der Waals surface area contributed by atoms with E-state index in [4.69, 9.17) is 16.6 Å². The molecule has 0 atom stereocenters. The standard InChI is InChI=1S/C21H26F3N5/c1-3-28(2)14-20(27)29(19(26)12-25)13-15-4-6-16(7-5-15)17-8-10-18(11-9-17)21(22,23)24/h4-11,26-27H,3,12-14,25H2,1-2H3. The van der Waals surface area contributed by atoms with Gasteiger partial charge in [0.1, 0.15) is 11.7 Å². The van der Waals surface area contributed by atoms with E-state index in [1.165, 1.54) is 12.1 Å². The lowest BCUT2D eigenvalue weighted by molar-refractivity contribution is -0.137. The molecule has 0 spiro atoms. The Morgan fingerprint density at radius 3 is 1.90 bits per heavy atom. The molecule has 0 amide bonds. The Kier molecular flexibility index (Phi) is 7.53. The van der Waals surface area contributed by atoms with E-state index in [9.17, 15) is 13.2 Å². The maximum absolute atomic E-state index is 12.7. The third-order valence-electron chi connectivity index (χ3n) is 4.64. The highest BCUT2D eigenvalue weighted by molar-refractivity contribution is 5.99. The number of nitrogens with zero attached hydrogens (tertiary/aromatic N) is 2. The monoisotopic (exact) mass is 405 g/mol. The Morgan fingerprint density at radius 1 is 0.931 bits per heavy atom. The molecule has 8 heteroatoms. The fraction of sp³-hybridized carbons (Fsp3) is 0.333. The van der Waals surface area contributed by atoms with Crippen molar-refractivity contribution in [2.75, 3.05) is 26.7 Å². The van der Waals surface area contributed by atoms with Gasteiger partial charge < -0.3 is 10.6 Å². The average Bonchev–Trinajstić information content (AvgIpc) is 2.71. The molecule has 0 saturated carbocycles. The van der Waals surface area contributed by atoms with Crippen molar-refractivity contribution in [2.24, 2.45) is 5.73 Å². The fourth-order valence-corrected chi connectivity index (χ4v) is 2.75. The van der Waals surface area contributed by atoms with Crippen molar-refractivity contribution in [3.05, 3.63) is 59.7 Å². The van der Waals surface area contributed by atoms with Crippen LogP contribution in [0.15, 0.2) is 48.5 Å². The van der Waals surface area contributed by atoms with Crippen molar-refractivity contribution < 1.29 is 13.2 Å². The van der Waals surface area contributed by atoms with Crippen molar-refractivity contribution in [3.8, 4) is 11.1 Å². The highest BCUT2D eigenvalue weighted by atomic mass is 19.4. The number of amidine groups is 2. The molecule has 0 aliphatic heterocycles. The molecule has 0 fully saturated rings. The minimum Gasteiger partial charge on any atom is -0.324 e. The molecule has 0 saturated heterocycles. The van der Waals surface area contributed by atoms with Crippen LogP contribution in [0.2, 0.25) is 0 Å². The summed E-state index contributed by atoms with van der Waals surface area (Å²) in [5, 5.41) is 16.4. The van der Waals surface area contributed by atoms with Crippen LogP contribution in [-0.4, -0.2) is 48.2 Å². The van der Waals surface area contributed by atoms with Gasteiger partial charge >= 0.3 is 6.18 Å². The second-order valence-corrected chi connectivity index (χ2v) is 6.79. The van der Waals surface area contributed by atoms with Crippen molar-refractivity contribution in [3.63, 3.8) is 0 Å². The molecule has 0 aliphatic rings. The normalized spacial score (nSPS) is 11.6. The first-order valence-corrected chi connectivity index (χ1v) is 9.23. The van der Waals surface area contributed by atoms with Gasteiger partial charge in [-0.05, 0) is 42.4 Å². The van der Waals surface area contributed by atoms with E-state index in [1.54, 1.807) is 4.90 Å². The van der Waals surface area contributed by atoms with Crippen LogP contribution >= 0.6 is 0 Å². The highest BCUT2D eigenvalue weighted by Crippen LogP contribution is 2.31. The van der Waals surface area contributed by atoms with Crippen molar-refractivity contribution in [2.45, 2.75) is 19.6 Å². The number of rotatable bonds is 7. The first-order valence-electron chi connectivity index (χ1n) is 9.23. The van der Waals surface area contributed by atoms with Crippen molar-refractivity contribution in [1.29, 1.82) is 10.8 Å².